The van der Waals surface area contributed by atoms with Crippen molar-refractivity contribution in [3.8, 4) is 0 Å². The van der Waals surface area contributed by atoms with Gasteiger partial charge in [0.05, 0.1) is 34.4 Å². The summed E-state index contributed by atoms with van der Waals surface area (Å²) in [6.07, 6.45) is 50.7. The van der Waals surface area contributed by atoms with E-state index < -0.39 is 13.9 Å². The number of phosphoric acid groups is 1. The van der Waals surface area contributed by atoms with Gasteiger partial charge in [-0.3, -0.25) is 13.8 Å². The fraction of sp³-hybridized carbons (Fsp3) is 0.900. The molecule has 2 atom stereocenters. The number of phosphoric ester groups is 1. The number of hydrogen-bond acceptors (Lipinski definition) is 6. The standard InChI is InChI=1S/C50H98NO7P/c1-6-8-10-12-14-16-18-20-22-24-26-27-29-31-33-35-37-39-41-43-50(52)58-49(48-57-59(53,54)56-46-44-51(3,4)5)47-55-45-42-40-38-36-34-32-30-28-25-23-21-19-17-15-13-11-9-7-2/h14,16,20,22,49H,6-13,15,17-19,21,23-48H2,1-5H3/p+1/b16-14-,22-20-/t49-/m1/s1. The normalized spacial score (nSPS) is 13.8. The predicted octanol–water partition coefficient (Wildman–Crippen LogP) is 15.2. The summed E-state index contributed by atoms with van der Waals surface area (Å²) in [5.41, 5.74) is 0. The molecule has 59 heavy (non-hydrogen) atoms. The summed E-state index contributed by atoms with van der Waals surface area (Å²) < 4.78 is 35.1. The molecule has 0 radical (unpaired) electrons. The fourth-order valence-electron chi connectivity index (χ4n) is 7.11. The van der Waals surface area contributed by atoms with Crippen molar-refractivity contribution in [1.82, 2.24) is 0 Å². The Morgan fingerprint density at radius 3 is 1.41 bits per heavy atom. The van der Waals surface area contributed by atoms with Crippen molar-refractivity contribution < 1.29 is 37.3 Å². The number of ether oxygens (including phenoxy) is 2. The molecule has 0 aromatic heterocycles. The van der Waals surface area contributed by atoms with Crippen LogP contribution in [0.3, 0.4) is 0 Å². The van der Waals surface area contributed by atoms with E-state index in [1.807, 2.05) is 21.1 Å². The van der Waals surface area contributed by atoms with Crippen LogP contribution in [0.5, 0.6) is 0 Å². The third-order valence-electron chi connectivity index (χ3n) is 11.0. The van der Waals surface area contributed by atoms with Gasteiger partial charge in [0.2, 0.25) is 0 Å². The summed E-state index contributed by atoms with van der Waals surface area (Å²) in [6, 6.07) is 0. The molecule has 0 aliphatic rings. The number of quaternary nitrogens is 1. The average molecular weight is 857 g/mol. The minimum atomic E-state index is -4.28. The highest BCUT2D eigenvalue weighted by Crippen LogP contribution is 2.43. The molecule has 9 heteroatoms. The lowest BCUT2D eigenvalue weighted by Crippen LogP contribution is -2.37. The third-order valence-corrected chi connectivity index (χ3v) is 12.0. The van der Waals surface area contributed by atoms with E-state index in [0.29, 0.717) is 24.1 Å². The monoisotopic (exact) mass is 857 g/mol. The summed E-state index contributed by atoms with van der Waals surface area (Å²) in [6.45, 7) is 5.64. The number of nitrogens with zero attached hydrogens (tertiary/aromatic N) is 1. The maximum atomic E-state index is 12.7. The zero-order valence-electron chi connectivity index (χ0n) is 39.8. The summed E-state index contributed by atoms with van der Waals surface area (Å²) >= 11 is 0. The molecule has 0 heterocycles. The Bertz CT molecular complexity index is 998. The van der Waals surface area contributed by atoms with Crippen LogP contribution in [0.15, 0.2) is 24.3 Å². The fourth-order valence-corrected chi connectivity index (χ4v) is 7.86. The van der Waals surface area contributed by atoms with Gasteiger partial charge in [-0.1, -0.05) is 205 Å². The van der Waals surface area contributed by atoms with Gasteiger partial charge >= 0.3 is 13.8 Å². The van der Waals surface area contributed by atoms with Crippen LogP contribution in [0.25, 0.3) is 0 Å². The van der Waals surface area contributed by atoms with E-state index in [0.717, 1.165) is 38.5 Å². The smallest absolute Gasteiger partial charge is 0.457 e. The van der Waals surface area contributed by atoms with Gasteiger partial charge < -0.3 is 18.9 Å². The van der Waals surface area contributed by atoms with Crippen LogP contribution in [0.2, 0.25) is 0 Å². The number of allylic oxidation sites excluding steroid dienone is 4. The first-order valence-electron chi connectivity index (χ1n) is 25.1. The number of likely N-dealkylation sites (N-methyl/N-ethyl adjacent to an activating group) is 1. The first-order chi connectivity index (χ1) is 28.6. The number of esters is 1. The molecule has 0 rings (SSSR count). The zero-order chi connectivity index (χ0) is 43.4. The lowest BCUT2D eigenvalue weighted by molar-refractivity contribution is -0.870. The van der Waals surface area contributed by atoms with Crippen molar-refractivity contribution in [2.45, 2.75) is 238 Å². The van der Waals surface area contributed by atoms with E-state index >= 15 is 0 Å². The molecule has 0 aromatic carbocycles. The first-order valence-corrected chi connectivity index (χ1v) is 26.6. The van der Waals surface area contributed by atoms with E-state index in [-0.39, 0.29) is 25.8 Å². The van der Waals surface area contributed by atoms with Crippen molar-refractivity contribution in [2.24, 2.45) is 0 Å². The molecule has 0 spiro atoms. The van der Waals surface area contributed by atoms with E-state index in [9.17, 15) is 14.3 Å². The molecule has 8 nitrogen and oxygen atoms in total. The van der Waals surface area contributed by atoms with Crippen LogP contribution in [-0.4, -0.2) is 75.6 Å². The lowest BCUT2D eigenvalue weighted by Gasteiger charge is -2.24. The van der Waals surface area contributed by atoms with Crippen molar-refractivity contribution in [2.75, 3.05) is 54.1 Å². The minimum absolute atomic E-state index is 0.0900. The van der Waals surface area contributed by atoms with Crippen LogP contribution in [-0.2, 0) is 27.9 Å². The molecule has 0 aromatic rings. The van der Waals surface area contributed by atoms with Crippen molar-refractivity contribution >= 4 is 13.8 Å². The lowest BCUT2D eigenvalue weighted by atomic mass is 10.0. The predicted molar refractivity (Wildman–Crippen MR) is 252 cm³/mol. The molecule has 0 saturated heterocycles. The molecule has 1 unspecified atom stereocenters. The molecular weight excluding hydrogens is 758 g/mol. The molecule has 350 valence electrons. The Morgan fingerprint density at radius 2 is 0.932 bits per heavy atom. The number of unbranched alkanes of at least 4 members (excludes halogenated alkanes) is 29. The van der Waals surface area contributed by atoms with Crippen molar-refractivity contribution in [3.63, 3.8) is 0 Å². The molecule has 0 amide bonds. The molecule has 0 aliphatic carbocycles. The molecule has 0 aliphatic heterocycles. The van der Waals surface area contributed by atoms with Crippen LogP contribution in [0, 0.1) is 0 Å². The molecular formula is C50H99NO7P+. The van der Waals surface area contributed by atoms with E-state index in [1.165, 1.54) is 173 Å². The topological polar surface area (TPSA) is 91.3 Å². The van der Waals surface area contributed by atoms with Crippen molar-refractivity contribution in [3.05, 3.63) is 24.3 Å². The van der Waals surface area contributed by atoms with Gasteiger partial charge in [0.25, 0.3) is 0 Å². The molecule has 0 saturated carbocycles. The largest absolute Gasteiger partial charge is 0.472 e. The summed E-state index contributed by atoms with van der Waals surface area (Å²) in [7, 11) is 1.68. The zero-order valence-corrected chi connectivity index (χ0v) is 40.6. The Kier molecular flexibility index (Phi) is 42.9. The highest BCUT2D eigenvalue weighted by atomic mass is 31.2. The SMILES string of the molecule is CCCCC/C=C\C/C=C\CCCCCCCCCCCC(=O)O[C@H](COCCCCCCCCCCCCCCCCCCCC)COP(=O)(O)OCC[N+](C)(C)C. The Hall–Kier alpha value is -1.02. The van der Waals surface area contributed by atoms with Gasteiger partial charge in [-0.05, 0) is 44.9 Å². The molecule has 1 N–H and O–H groups in total. The van der Waals surface area contributed by atoms with Crippen LogP contribution >= 0.6 is 7.82 Å². The first kappa shape index (κ1) is 58.0. The van der Waals surface area contributed by atoms with Crippen LogP contribution in [0.4, 0.5) is 0 Å². The van der Waals surface area contributed by atoms with E-state index in [1.54, 1.807) is 0 Å². The minimum Gasteiger partial charge on any atom is -0.457 e. The summed E-state index contributed by atoms with van der Waals surface area (Å²) in [5.74, 6) is -0.314. The van der Waals surface area contributed by atoms with Gasteiger partial charge in [-0.2, -0.15) is 0 Å². The number of carbonyl (C=O) groups excluding carboxylic acids is 1. The quantitative estimate of drug-likeness (QED) is 0.0214. The van der Waals surface area contributed by atoms with Crippen LogP contribution < -0.4 is 0 Å². The number of carbonyl (C=O) groups is 1. The van der Waals surface area contributed by atoms with Crippen LogP contribution in [0.1, 0.15) is 232 Å². The van der Waals surface area contributed by atoms with Crippen molar-refractivity contribution in [1.29, 1.82) is 0 Å². The van der Waals surface area contributed by atoms with Gasteiger partial charge in [0.15, 0.2) is 0 Å². The maximum Gasteiger partial charge on any atom is 0.472 e. The molecule has 0 fully saturated rings. The summed E-state index contributed by atoms with van der Waals surface area (Å²) in [5, 5.41) is 0. The third kappa shape index (κ3) is 47.9. The number of hydrogen-bond donors (Lipinski definition) is 1. The Morgan fingerprint density at radius 1 is 0.525 bits per heavy atom. The summed E-state index contributed by atoms with van der Waals surface area (Å²) in [4.78, 5) is 23.0. The second-order valence-corrected chi connectivity index (χ2v) is 19.7. The van der Waals surface area contributed by atoms with Gasteiger partial charge in [-0.25, -0.2) is 4.57 Å². The van der Waals surface area contributed by atoms with E-state index in [2.05, 4.69) is 38.2 Å². The second-order valence-electron chi connectivity index (χ2n) is 18.2. The van der Waals surface area contributed by atoms with Gasteiger partial charge in [-0.15, -0.1) is 0 Å². The average Bonchev–Trinajstić information content (AvgIpc) is 3.19. The maximum absolute atomic E-state index is 12.7. The van der Waals surface area contributed by atoms with Gasteiger partial charge in [0, 0.05) is 13.0 Å². The Balaban J connectivity index is 4.14. The highest BCUT2D eigenvalue weighted by Gasteiger charge is 2.26. The highest BCUT2D eigenvalue weighted by molar-refractivity contribution is 7.47. The Labute approximate surface area is 366 Å². The number of rotatable bonds is 47. The van der Waals surface area contributed by atoms with E-state index in [4.69, 9.17) is 18.5 Å². The molecule has 0 bridgehead atoms. The second kappa shape index (κ2) is 43.6. The van der Waals surface area contributed by atoms with Gasteiger partial charge in [0.1, 0.15) is 19.3 Å².